The fourth-order valence-electron chi connectivity index (χ4n) is 2.37. The molecule has 0 fully saturated rings. The summed E-state index contributed by atoms with van der Waals surface area (Å²) in [6.07, 6.45) is 1.52. The molecular formula is C17H17N3O4S. The Kier molecular flexibility index (Phi) is 5.39. The summed E-state index contributed by atoms with van der Waals surface area (Å²) in [5.41, 5.74) is 0.723. The number of carbonyl (C=O) groups excluding carboxylic acids is 3. The zero-order valence-electron chi connectivity index (χ0n) is 13.4. The molecule has 2 N–H and O–H groups in total. The Hall–Kier alpha value is -2.74. The van der Waals surface area contributed by atoms with Crippen molar-refractivity contribution in [1.82, 2.24) is 10.6 Å². The Morgan fingerprint density at radius 3 is 2.76 bits per heavy atom. The molecule has 3 amide bonds. The molecule has 0 radical (unpaired) electrons. The summed E-state index contributed by atoms with van der Waals surface area (Å²) in [5, 5.41) is 5.17. The predicted molar refractivity (Wildman–Crippen MR) is 93.1 cm³/mol. The van der Waals surface area contributed by atoms with E-state index in [1.807, 2.05) is 24.3 Å². The van der Waals surface area contributed by atoms with E-state index in [-0.39, 0.29) is 37.4 Å². The van der Waals surface area contributed by atoms with E-state index >= 15 is 0 Å². The average molecular weight is 359 g/mol. The summed E-state index contributed by atoms with van der Waals surface area (Å²) in [5.74, 6) is 0.0937. The van der Waals surface area contributed by atoms with Crippen LogP contribution in [0.4, 0.5) is 5.69 Å². The van der Waals surface area contributed by atoms with Gasteiger partial charge in [0.25, 0.3) is 0 Å². The minimum atomic E-state index is -0.386. The molecule has 0 atom stereocenters. The van der Waals surface area contributed by atoms with Crippen LogP contribution in [-0.4, -0.2) is 36.6 Å². The van der Waals surface area contributed by atoms with Crippen LogP contribution in [-0.2, 0) is 20.9 Å². The molecule has 1 aromatic heterocycles. The molecule has 0 saturated heterocycles. The van der Waals surface area contributed by atoms with Crippen molar-refractivity contribution in [1.29, 1.82) is 0 Å². The molecule has 1 aromatic carbocycles. The van der Waals surface area contributed by atoms with Crippen LogP contribution < -0.4 is 15.5 Å². The first-order valence-electron chi connectivity index (χ1n) is 7.71. The quantitative estimate of drug-likeness (QED) is 0.807. The first-order valence-corrected chi connectivity index (χ1v) is 8.70. The smallest absolute Gasteiger partial charge is 0.240 e. The van der Waals surface area contributed by atoms with Gasteiger partial charge in [0.1, 0.15) is 12.3 Å². The minimum Gasteiger partial charge on any atom is -0.467 e. The molecule has 25 heavy (non-hydrogen) atoms. The molecule has 8 heteroatoms. The number of thioether (sulfide) groups is 1. The van der Waals surface area contributed by atoms with E-state index in [4.69, 9.17) is 4.42 Å². The second-order valence-corrected chi connectivity index (χ2v) is 6.39. The van der Waals surface area contributed by atoms with Gasteiger partial charge < -0.3 is 20.0 Å². The largest absolute Gasteiger partial charge is 0.467 e. The first-order chi connectivity index (χ1) is 12.1. The first kappa shape index (κ1) is 17.1. The van der Waals surface area contributed by atoms with Crippen molar-refractivity contribution in [2.75, 3.05) is 23.7 Å². The van der Waals surface area contributed by atoms with Crippen LogP contribution in [0.5, 0.6) is 0 Å². The van der Waals surface area contributed by atoms with Gasteiger partial charge >= 0.3 is 0 Å². The number of carbonyl (C=O) groups is 3. The number of rotatable bonds is 6. The van der Waals surface area contributed by atoms with Crippen molar-refractivity contribution >= 4 is 35.2 Å². The van der Waals surface area contributed by atoms with Gasteiger partial charge in [-0.1, -0.05) is 12.1 Å². The van der Waals surface area contributed by atoms with Crippen molar-refractivity contribution in [3.63, 3.8) is 0 Å². The summed E-state index contributed by atoms with van der Waals surface area (Å²) >= 11 is 1.46. The molecule has 3 rings (SSSR count). The predicted octanol–water partition coefficient (Wildman–Crippen LogP) is 1.15. The van der Waals surface area contributed by atoms with Crippen LogP contribution in [0, 0.1) is 0 Å². The van der Waals surface area contributed by atoms with Gasteiger partial charge in [-0.2, -0.15) is 0 Å². The van der Waals surface area contributed by atoms with Crippen molar-refractivity contribution in [3.8, 4) is 0 Å². The highest BCUT2D eigenvalue weighted by atomic mass is 32.2. The van der Waals surface area contributed by atoms with Crippen molar-refractivity contribution in [2.24, 2.45) is 0 Å². The van der Waals surface area contributed by atoms with Crippen LogP contribution in [0.25, 0.3) is 0 Å². The summed E-state index contributed by atoms with van der Waals surface area (Å²) in [7, 11) is 0. The summed E-state index contributed by atoms with van der Waals surface area (Å²) in [6, 6.07) is 10.9. The molecule has 130 valence electrons. The maximum atomic E-state index is 12.1. The fourth-order valence-corrected chi connectivity index (χ4v) is 3.30. The van der Waals surface area contributed by atoms with Gasteiger partial charge in [-0.3, -0.25) is 14.4 Å². The lowest BCUT2D eigenvalue weighted by atomic mass is 10.2. The number of amides is 3. The van der Waals surface area contributed by atoms with Gasteiger partial charge in [-0.15, -0.1) is 11.8 Å². The van der Waals surface area contributed by atoms with Gasteiger partial charge in [0.15, 0.2) is 0 Å². The van der Waals surface area contributed by atoms with Crippen LogP contribution in [0.15, 0.2) is 52.0 Å². The maximum absolute atomic E-state index is 12.1. The molecular weight excluding hydrogens is 342 g/mol. The molecule has 1 aliphatic heterocycles. The molecule has 0 bridgehead atoms. The molecule has 0 spiro atoms. The fraction of sp³-hybridized carbons (Fsp3) is 0.235. The van der Waals surface area contributed by atoms with Gasteiger partial charge in [0, 0.05) is 4.90 Å². The second-order valence-electron chi connectivity index (χ2n) is 5.37. The molecule has 7 nitrogen and oxygen atoms in total. The SMILES string of the molecule is O=C(CNC(=O)CN1C(=O)CSc2ccccc21)NCc1ccco1. The zero-order valence-corrected chi connectivity index (χ0v) is 14.2. The molecule has 0 aliphatic carbocycles. The van der Waals surface area contributed by atoms with Crippen LogP contribution in [0.2, 0.25) is 0 Å². The third-order valence-corrected chi connectivity index (χ3v) is 4.64. The molecule has 0 saturated carbocycles. The number of benzene rings is 1. The molecule has 0 unspecified atom stereocenters. The lowest BCUT2D eigenvalue weighted by molar-refractivity contribution is -0.126. The minimum absolute atomic E-state index is 0.109. The highest BCUT2D eigenvalue weighted by Gasteiger charge is 2.26. The topological polar surface area (TPSA) is 91.7 Å². The van der Waals surface area contributed by atoms with E-state index < -0.39 is 0 Å². The Balaban J connectivity index is 1.49. The van der Waals surface area contributed by atoms with Crippen molar-refractivity contribution < 1.29 is 18.8 Å². The highest BCUT2D eigenvalue weighted by Crippen LogP contribution is 2.34. The summed E-state index contributed by atoms with van der Waals surface area (Å²) in [6.45, 7) is -0.00322. The lowest BCUT2D eigenvalue weighted by Crippen LogP contribution is -2.45. The normalized spacial score (nSPS) is 13.3. The number of fused-ring (bicyclic) bond motifs is 1. The van der Waals surface area contributed by atoms with E-state index in [1.54, 1.807) is 12.1 Å². The highest BCUT2D eigenvalue weighted by molar-refractivity contribution is 8.00. The molecule has 2 heterocycles. The number of nitrogens with one attached hydrogen (secondary N) is 2. The number of hydrogen-bond donors (Lipinski definition) is 2. The zero-order chi connectivity index (χ0) is 17.6. The van der Waals surface area contributed by atoms with Crippen molar-refractivity contribution in [3.05, 3.63) is 48.4 Å². The standard InChI is InChI=1S/C17H17N3O4S/c21-15(18-8-12-4-3-7-24-12)9-19-16(22)10-20-13-5-1-2-6-14(13)25-11-17(20)23/h1-7H,8-11H2,(H,18,21)(H,19,22). The Morgan fingerprint density at radius 1 is 1.12 bits per heavy atom. The second kappa shape index (κ2) is 7.89. The average Bonchev–Trinajstić information content (AvgIpc) is 3.14. The molecule has 2 aromatic rings. The number of furan rings is 1. The van der Waals surface area contributed by atoms with E-state index in [2.05, 4.69) is 10.6 Å². The summed E-state index contributed by atoms with van der Waals surface area (Å²) < 4.78 is 5.11. The van der Waals surface area contributed by atoms with Gasteiger partial charge in [-0.25, -0.2) is 0 Å². The number of anilines is 1. The lowest BCUT2D eigenvalue weighted by Gasteiger charge is -2.28. The van der Waals surface area contributed by atoms with Gasteiger partial charge in [0.2, 0.25) is 17.7 Å². The van der Waals surface area contributed by atoms with E-state index in [9.17, 15) is 14.4 Å². The van der Waals surface area contributed by atoms with E-state index in [1.165, 1.54) is 22.9 Å². The molecule has 1 aliphatic rings. The Bertz CT molecular complexity index is 776. The monoisotopic (exact) mass is 359 g/mol. The number of nitrogens with zero attached hydrogens (tertiary/aromatic N) is 1. The Morgan fingerprint density at radius 2 is 1.96 bits per heavy atom. The third-order valence-electron chi connectivity index (χ3n) is 3.60. The van der Waals surface area contributed by atoms with Gasteiger partial charge in [-0.05, 0) is 24.3 Å². The summed E-state index contributed by atoms with van der Waals surface area (Å²) in [4.78, 5) is 38.4. The van der Waals surface area contributed by atoms with Crippen LogP contribution >= 0.6 is 11.8 Å². The van der Waals surface area contributed by atoms with Crippen LogP contribution in [0.3, 0.4) is 0 Å². The van der Waals surface area contributed by atoms with E-state index in [0.717, 1.165) is 10.6 Å². The maximum Gasteiger partial charge on any atom is 0.240 e. The third kappa shape index (κ3) is 4.42. The number of hydrogen-bond acceptors (Lipinski definition) is 5. The van der Waals surface area contributed by atoms with Crippen LogP contribution in [0.1, 0.15) is 5.76 Å². The van der Waals surface area contributed by atoms with E-state index in [0.29, 0.717) is 11.5 Å². The van der Waals surface area contributed by atoms with Crippen molar-refractivity contribution in [2.45, 2.75) is 11.4 Å². The Labute approximate surface area is 148 Å². The van der Waals surface area contributed by atoms with Gasteiger partial charge in [0.05, 0.1) is 30.8 Å². The number of para-hydroxylation sites is 1.